The Morgan fingerprint density at radius 2 is 0.844 bits per heavy atom. The molecule has 1 amide bonds. The molecule has 1 saturated heterocycles. The van der Waals surface area contributed by atoms with Gasteiger partial charge in [0.15, 0.2) is 12.4 Å². The summed E-state index contributed by atoms with van der Waals surface area (Å²) in [5.41, 5.74) is 0. The summed E-state index contributed by atoms with van der Waals surface area (Å²) < 4.78 is 17.6. The molecule has 8 unspecified atom stereocenters. The molecule has 0 aliphatic carbocycles. The van der Waals surface area contributed by atoms with Crippen LogP contribution in [0.5, 0.6) is 0 Å². The Balaban J connectivity index is 2.60. The Labute approximate surface area is 474 Å². The number of carbonyl (C=O) groups excluding carboxylic acids is 2. The van der Waals surface area contributed by atoms with Gasteiger partial charge in [0, 0.05) is 6.42 Å². The van der Waals surface area contributed by atoms with Crippen LogP contribution in [0.3, 0.4) is 0 Å². The monoisotopic (exact) mass is 1090 g/mol. The second-order valence-electron chi connectivity index (χ2n) is 23.6. The molecule has 11 heteroatoms. The molecule has 0 aromatic carbocycles. The van der Waals surface area contributed by atoms with Gasteiger partial charge < -0.3 is 45.1 Å². The third-order valence-corrected chi connectivity index (χ3v) is 16.2. The van der Waals surface area contributed by atoms with Gasteiger partial charge in [0.25, 0.3) is 0 Å². The Bertz CT molecular complexity index is 1300. The molecule has 8 atom stereocenters. The molecule has 77 heavy (non-hydrogen) atoms. The quantitative estimate of drug-likeness (QED) is 0.0195. The van der Waals surface area contributed by atoms with Crippen molar-refractivity contribution < 1.29 is 49.3 Å². The highest BCUT2D eigenvalue weighted by molar-refractivity contribution is 5.80. The van der Waals surface area contributed by atoms with Crippen molar-refractivity contribution in [2.45, 2.75) is 384 Å². The minimum absolute atomic E-state index is 0.131. The molecule has 0 radical (unpaired) electrons. The molecule has 456 valence electrons. The SMILES string of the molecule is CCCCCCCCCCCCC/C=C/C(O)C(COC1OC(CO)C(O)C(O)C1OC(=O)CCCCCCCCCCCCCCC)NC(=O)C(O)CCCCCCCCCCCCCCCCCCCCCCCC. The lowest BCUT2D eigenvalue weighted by Gasteiger charge is -2.41. The zero-order valence-electron chi connectivity index (χ0n) is 50.6. The summed E-state index contributed by atoms with van der Waals surface area (Å²) in [6.45, 7) is 5.84. The largest absolute Gasteiger partial charge is 0.454 e. The predicted molar refractivity (Wildman–Crippen MR) is 320 cm³/mol. The number of aliphatic hydroxyl groups is 5. The lowest BCUT2D eigenvalue weighted by Crippen LogP contribution is -2.61. The van der Waals surface area contributed by atoms with Crippen LogP contribution in [-0.4, -0.2) is 99.6 Å². The maximum atomic E-state index is 13.5. The van der Waals surface area contributed by atoms with Crippen LogP contribution >= 0.6 is 0 Å². The van der Waals surface area contributed by atoms with Crippen LogP contribution in [0.1, 0.15) is 335 Å². The summed E-state index contributed by atoms with van der Waals surface area (Å²) in [6.07, 6.45) is 52.6. The minimum atomic E-state index is -1.61. The van der Waals surface area contributed by atoms with Gasteiger partial charge in [-0.05, 0) is 25.7 Å². The zero-order valence-corrected chi connectivity index (χ0v) is 50.6. The number of hydrogen-bond acceptors (Lipinski definition) is 10. The molecule has 6 N–H and O–H groups in total. The first-order valence-electron chi connectivity index (χ1n) is 33.5. The molecule has 1 aliphatic rings. The van der Waals surface area contributed by atoms with Crippen LogP contribution < -0.4 is 5.32 Å². The first-order chi connectivity index (χ1) is 37.7. The maximum absolute atomic E-state index is 13.5. The number of nitrogens with one attached hydrogen (secondary N) is 1. The molecule has 1 rings (SSSR count). The summed E-state index contributed by atoms with van der Waals surface area (Å²) in [5.74, 6) is -1.17. The van der Waals surface area contributed by atoms with Crippen molar-refractivity contribution in [3.8, 4) is 0 Å². The van der Waals surface area contributed by atoms with Crippen molar-refractivity contribution in [3.63, 3.8) is 0 Å². The van der Waals surface area contributed by atoms with Gasteiger partial charge in [0.2, 0.25) is 5.91 Å². The smallest absolute Gasteiger partial charge is 0.306 e. The van der Waals surface area contributed by atoms with E-state index >= 15 is 0 Å². The summed E-state index contributed by atoms with van der Waals surface area (Å²) in [4.78, 5) is 26.6. The Morgan fingerprint density at radius 1 is 0.494 bits per heavy atom. The molecule has 0 saturated carbocycles. The van der Waals surface area contributed by atoms with Crippen LogP contribution in [0, 0.1) is 0 Å². The highest BCUT2D eigenvalue weighted by atomic mass is 16.7. The van der Waals surface area contributed by atoms with Gasteiger partial charge in [0.05, 0.1) is 25.4 Å². The highest BCUT2D eigenvalue weighted by Gasteiger charge is 2.47. The fourth-order valence-corrected chi connectivity index (χ4v) is 10.9. The molecule has 1 fully saturated rings. The molecule has 0 spiro atoms. The van der Waals surface area contributed by atoms with E-state index in [0.717, 1.165) is 57.8 Å². The van der Waals surface area contributed by atoms with Crippen LogP contribution in [-0.2, 0) is 23.8 Å². The van der Waals surface area contributed by atoms with E-state index in [1.165, 1.54) is 231 Å². The Kier molecular flexibility index (Phi) is 52.4. The first kappa shape index (κ1) is 73.4. The van der Waals surface area contributed by atoms with Gasteiger partial charge in [-0.15, -0.1) is 0 Å². The number of unbranched alkanes of at least 4 members (excludes halogenated alkanes) is 44. The van der Waals surface area contributed by atoms with Crippen molar-refractivity contribution in [3.05, 3.63) is 12.2 Å². The van der Waals surface area contributed by atoms with Crippen molar-refractivity contribution in [1.82, 2.24) is 5.32 Å². The number of aliphatic hydroxyl groups excluding tert-OH is 5. The average Bonchev–Trinajstić information content (AvgIpc) is 3.43. The topological polar surface area (TPSA) is 175 Å². The molecule has 0 aromatic heterocycles. The molecular weight excluding hydrogens is 967 g/mol. The Hall–Kier alpha value is -1.60. The highest BCUT2D eigenvalue weighted by Crippen LogP contribution is 2.26. The zero-order chi connectivity index (χ0) is 56.1. The van der Waals surface area contributed by atoms with Gasteiger partial charge in [0.1, 0.15) is 24.4 Å². The average molecular weight is 1090 g/mol. The van der Waals surface area contributed by atoms with E-state index in [4.69, 9.17) is 14.2 Å². The second kappa shape index (κ2) is 55.0. The van der Waals surface area contributed by atoms with E-state index in [9.17, 15) is 35.1 Å². The molecule has 11 nitrogen and oxygen atoms in total. The fourth-order valence-electron chi connectivity index (χ4n) is 10.9. The van der Waals surface area contributed by atoms with Gasteiger partial charge in [-0.1, -0.05) is 315 Å². The number of hydrogen-bond donors (Lipinski definition) is 6. The van der Waals surface area contributed by atoms with Gasteiger partial charge in [-0.3, -0.25) is 9.59 Å². The second-order valence-corrected chi connectivity index (χ2v) is 23.6. The predicted octanol–water partition coefficient (Wildman–Crippen LogP) is 16.3. The number of rotatable bonds is 58. The first-order valence-corrected chi connectivity index (χ1v) is 33.5. The minimum Gasteiger partial charge on any atom is -0.454 e. The van der Waals surface area contributed by atoms with Gasteiger partial charge in [-0.25, -0.2) is 0 Å². The lowest BCUT2D eigenvalue weighted by molar-refractivity contribution is -0.305. The normalized spacial score (nSPS) is 19.0. The van der Waals surface area contributed by atoms with Crippen LogP contribution in [0.25, 0.3) is 0 Å². The van der Waals surface area contributed by atoms with E-state index in [1.54, 1.807) is 6.08 Å². The number of esters is 1. The standard InChI is InChI=1S/C66H127NO10/c1-4-7-10-13-16-19-22-25-26-27-28-29-30-31-32-33-36-38-41-44-47-50-53-59(70)65(74)67-57(58(69)52-49-46-43-40-37-34-23-20-17-14-11-8-5-2)56-75-66-64(63(73)62(72)60(55-68)76-66)77-61(71)54-51-48-45-42-39-35-24-21-18-15-12-9-6-3/h49,52,57-60,62-64,66,68-70,72-73H,4-48,50-51,53-56H2,1-3H3,(H,67,74)/b52-49+. The van der Waals surface area contributed by atoms with E-state index in [0.29, 0.717) is 19.3 Å². The number of amides is 1. The third-order valence-electron chi connectivity index (χ3n) is 16.2. The summed E-state index contributed by atoms with van der Waals surface area (Å²) >= 11 is 0. The van der Waals surface area contributed by atoms with Crippen molar-refractivity contribution >= 4 is 11.9 Å². The van der Waals surface area contributed by atoms with Gasteiger partial charge >= 0.3 is 5.97 Å². The molecular formula is C66H127NO10. The third kappa shape index (κ3) is 42.9. The van der Waals surface area contributed by atoms with Crippen molar-refractivity contribution in [2.75, 3.05) is 13.2 Å². The van der Waals surface area contributed by atoms with Crippen molar-refractivity contribution in [2.24, 2.45) is 0 Å². The van der Waals surface area contributed by atoms with E-state index in [1.807, 2.05) is 6.08 Å². The number of carbonyl (C=O) groups is 2. The summed E-state index contributed by atoms with van der Waals surface area (Å²) in [6, 6.07) is -1.02. The summed E-state index contributed by atoms with van der Waals surface area (Å²) in [7, 11) is 0. The van der Waals surface area contributed by atoms with Gasteiger partial charge in [-0.2, -0.15) is 0 Å². The summed E-state index contributed by atoms with van der Waals surface area (Å²) in [5, 5.41) is 57.1. The van der Waals surface area contributed by atoms with E-state index in [2.05, 4.69) is 26.1 Å². The lowest BCUT2D eigenvalue weighted by atomic mass is 9.99. The Morgan fingerprint density at radius 3 is 1.22 bits per heavy atom. The number of ether oxygens (including phenoxy) is 3. The number of allylic oxidation sites excluding steroid dienone is 1. The fraction of sp³-hybridized carbons (Fsp3) is 0.939. The molecule has 1 aliphatic heterocycles. The molecule has 1 heterocycles. The van der Waals surface area contributed by atoms with E-state index in [-0.39, 0.29) is 13.0 Å². The molecule has 0 aromatic rings. The maximum Gasteiger partial charge on any atom is 0.306 e. The van der Waals surface area contributed by atoms with E-state index < -0.39 is 67.4 Å². The van der Waals surface area contributed by atoms with Crippen LogP contribution in [0.2, 0.25) is 0 Å². The van der Waals surface area contributed by atoms with Crippen LogP contribution in [0.4, 0.5) is 0 Å². The van der Waals surface area contributed by atoms with Crippen LogP contribution in [0.15, 0.2) is 12.2 Å². The van der Waals surface area contributed by atoms with Crippen molar-refractivity contribution in [1.29, 1.82) is 0 Å². The molecule has 0 bridgehead atoms.